The van der Waals surface area contributed by atoms with E-state index in [9.17, 15) is 0 Å². The minimum Gasteiger partial charge on any atom is -0.325 e. The molecule has 1 heterocycles. The van der Waals surface area contributed by atoms with Crippen molar-refractivity contribution in [2.75, 3.05) is 5.75 Å². The zero-order valence-electron chi connectivity index (χ0n) is 7.41. The van der Waals surface area contributed by atoms with Crippen molar-refractivity contribution in [1.82, 2.24) is 4.98 Å². The molecule has 68 valence electrons. The Kier molecular flexibility index (Phi) is 3.55. The van der Waals surface area contributed by atoms with Crippen LogP contribution in [0.2, 0.25) is 0 Å². The lowest BCUT2D eigenvalue weighted by Crippen LogP contribution is -2.34. The third-order valence-corrected chi connectivity index (χ3v) is 3.57. The molecule has 0 amide bonds. The van der Waals surface area contributed by atoms with Crippen molar-refractivity contribution in [3.8, 4) is 0 Å². The molecule has 2 nitrogen and oxygen atoms in total. The van der Waals surface area contributed by atoms with Crippen LogP contribution in [0.25, 0.3) is 0 Å². The highest BCUT2D eigenvalue weighted by molar-refractivity contribution is 7.98. The number of nitrogens with zero attached hydrogens (tertiary/aromatic N) is 1. The lowest BCUT2D eigenvalue weighted by molar-refractivity contribution is 0.591. The zero-order chi connectivity index (χ0) is 9.03. The fraction of sp³-hybridized carbons (Fsp3) is 0.625. The Morgan fingerprint density at radius 3 is 2.92 bits per heavy atom. The summed E-state index contributed by atoms with van der Waals surface area (Å²) in [5, 5.41) is 3.19. The summed E-state index contributed by atoms with van der Waals surface area (Å²) >= 11 is 3.54. The van der Waals surface area contributed by atoms with E-state index in [1.54, 1.807) is 11.3 Å². The first-order chi connectivity index (χ1) is 5.58. The molecule has 1 rings (SSSR count). The molecule has 0 fully saturated rings. The lowest BCUT2D eigenvalue weighted by Gasteiger charge is -2.16. The maximum atomic E-state index is 5.84. The number of thiazole rings is 1. The van der Waals surface area contributed by atoms with Crippen molar-refractivity contribution in [3.05, 3.63) is 16.6 Å². The van der Waals surface area contributed by atoms with Gasteiger partial charge >= 0.3 is 0 Å². The Hall–Kier alpha value is -0.0600. The summed E-state index contributed by atoms with van der Waals surface area (Å²) in [5.74, 6) is 1.96. The largest absolute Gasteiger partial charge is 0.325 e. The minimum atomic E-state index is -0.0675. The van der Waals surface area contributed by atoms with Gasteiger partial charge in [-0.2, -0.15) is 11.8 Å². The molecule has 0 saturated heterocycles. The smallest absolute Gasteiger partial charge is 0.102 e. The first-order valence-electron chi connectivity index (χ1n) is 3.83. The summed E-state index contributed by atoms with van der Waals surface area (Å²) in [5.41, 5.74) is 5.77. The third-order valence-electron chi connectivity index (χ3n) is 1.18. The summed E-state index contributed by atoms with van der Waals surface area (Å²) in [7, 11) is 0. The zero-order valence-corrected chi connectivity index (χ0v) is 9.04. The second kappa shape index (κ2) is 4.25. The van der Waals surface area contributed by atoms with Gasteiger partial charge in [-0.05, 0) is 13.8 Å². The van der Waals surface area contributed by atoms with Crippen LogP contribution in [-0.4, -0.2) is 16.3 Å². The van der Waals surface area contributed by atoms with Crippen molar-refractivity contribution in [1.29, 1.82) is 0 Å². The van der Waals surface area contributed by atoms with E-state index in [0.29, 0.717) is 0 Å². The van der Waals surface area contributed by atoms with Gasteiger partial charge in [-0.1, -0.05) is 0 Å². The Morgan fingerprint density at radius 2 is 2.42 bits per heavy atom. The van der Waals surface area contributed by atoms with Crippen LogP contribution in [0.1, 0.15) is 18.9 Å². The van der Waals surface area contributed by atoms with Crippen LogP contribution in [-0.2, 0) is 5.75 Å². The Balaban J connectivity index is 2.20. The molecule has 0 aliphatic rings. The number of aromatic nitrogens is 1. The standard InChI is InChI=1S/C8H14N2S2/c1-8(2,9)6-11-5-7-10-3-4-12-7/h3-4H,5-6,9H2,1-2H3. The molecule has 12 heavy (non-hydrogen) atoms. The fourth-order valence-electron chi connectivity index (χ4n) is 0.726. The number of hydrogen-bond acceptors (Lipinski definition) is 4. The van der Waals surface area contributed by atoms with Crippen LogP contribution in [0.15, 0.2) is 11.6 Å². The highest BCUT2D eigenvalue weighted by atomic mass is 32.2. The summed E-state index contributed by atoms with van der Waals surface area (Å²) in [6, 6.07) is 0. The van der Waals surface area contributed by atoms with E-state index < -0.39 is 0 Å². The van der Waals surface area contributed by atoms with Gasteiger partial charge in [0, 0.05) is 28.6 Å². The SMILES string of the molecule is CC(C)(N)CSCc1nccs1. The Bertz CT molecular complexity index is 213. The first kappa shape index (κ1) is 10.0. The van der Waals surface area contributed by atoms with Crippen molar-refractivity contribution < 1.29 is 0 Å². The Labute approximate surface area is 81.6 Å². The minimum absolute atomic E-state index is 0.0675. The molecule has 0 bridgehead atoms. The molecule has 1 aromatic heterocycles. The second-order valence-electron chi connectivity index (χ2n) is 3.41. The quantitative estimate of drug-likeness (QED) is 0.813. The van der Waals surface area contributed by atoms with Gasteiger partial charge in [-0.15, -0.1) is 11.3 Å². The van der Waals surface area contributed by atoms with Gasteiger partial charge in [-0.3, -0.25) is 0 Å². The van der Waals surface area contributed by atoms with Crippen LogP contribution in [0.5, 0.6) is 0 Å². The predicted octanol–water partition coefficient (Wildman–Crippen LogP) is 2.11. The topological polar surface area (TPSA) is 38.9 Å². The first-order valence-corrected chi connectivity index (χ1v) is 5.86. The number of thioether (sulfide) groups is 1. The molecule has 0 aromatic carbocycles. The number of nitrogens with two attached hydrogens (primary N) is 1. The van der Waals surface area contributed by atoms with Gasteiger partial charge in [0.2, 0.25) is 0 Å². The monoisotopic (exact) mass is 202 g/mol. The molecule has 0 atom stereocenters. The van der Waals surface area contributed by atoms with Crippen molar-refractivity contribution in [2.24, 2.45) is 5.73 Å². The van der Waals surface area contributed by atoms with Crippen LogP contribution in [0.4, 0.5) is 0 Å². The number of rotatable bonds is 4. The molecule has 1 aromatic rings. The third kappa shape index (κ3) is 4.09. The van der Waals surface area contributed by atoms with Crippen molar-refractivity contribution in [2.45, 2.75) is 25.1 Å². The van der Waals surface area contributed by atoms with E-state index >= 15 is 0 Å². The van der Waals surface area contributed by atoms with Gasteiger partial charge in [0.05, 0.1) is 0 Å². The molecule has 0 radical (unpaired) electrons. The summed E-state index contributed by atoms with van der Waals surface area (Å²) in [4.78, 5) is 4.19. The maximum absolute atomic E-state index is 5.84. The lowest BCUT2D eigenvalue weighted by atomic mass is 10.1. The molecule has 4 heteroatoms. The van der Waals surface area contributed by atoms with Gasteiger partial charge < -0.3 is 5.73 Å². The second-order valence-corrected chi connectivity index (χ2v) is 5.37. The molecule has 2 N–H and O–H groups in total. The van der Waals surface area contributed by atoms with Gasteiger partial charge in [0.15, 0.2) is 0 Å². The molecule has 0 saturated carbocycles. The van der Waals surface area contributed by atoms with E-state index in [0.717, 1.165) is 11.5 Å². The summed E-state index contributed by atoms with van der Waals surface area (Å²) in [6.45, 7) is 4.09. The van der Waals surface area contributed by atoms with E-state index in [4.69, 9.17) is 5.73 Å². The van der Waals surface area contributed by atoms with Crippen LogP contribution >= 0.6 is 23.1 Å². The summed E-state index contributed by atoms with van der Waals surface area (Å²) < 4.78 is 0. The maximum Gasteiger partial charge on any atom is 0.102 e. The van der Waals surface area contributed by atoms with Crippen LogP contribution in [0.3, 0.4) is 0 Å². The van der Waals surface area contributed by atoms with E-state index in [1.807, 2.05) is 37.2 Å². The molecule has 0 aliphatic heterocycles. The normalized spacial score (nSPS) is 11.9. The fourth-order valence-corrected chi connectivity index (χ4v) is 2.53. The highest BCUT2D eigenvalue weighted by Crippen LogP contribution is 2.17. The molecular weight excluding hydrogens is 188 g/mol. The highest BCUT2D eigenvalue weighted by Gasteiger charge is 2.10. The molecule has 0 unspecified atom stereocenters. The average Bonchev–Trinajstić information content (AvgIpc) is 2.36. The van der Waals surface area contributed by atoms with Crippen molar-refractivity contribution in [3.63, 3.8) is 0 Å². The van der Waals surface area contributed by atoms with Crippen LogP contribution < -0.4 is 5.73 Å². The van der Waals surface area contributed by atoms with Gasteiger partial charge in [0.1, 0.15) is 5.01 Å². The van der Waals surface area contributed by atoms with Gasteiger partial charge in [0.25, 0.3) is 0 Å². The summed E-state index contributed by atoms with van der Waals surface area (Å²) in [6.07, 6.45) is 1.84. The predicted molar refractivity (Wildman–Crippen MR) is 56.5 cm³/mol. The Morgan fingerprint density at radius 1 is 1.67 bits per heavy atom. The van der Waals surface area contributed by atoms with Crippen molar-refractivity contribution >= 4 is 23.1 Å². The van der Waals surface area contributed by atoms with Gasteiger partial charge in [-0.25, -0.2) is 4.98 Å². The number of hydrogen-bond donors (Lipinski definition) is 1. The molecular formula is C8H14N2S2. The van der Waals surface area contributed by atoms with Crippen LogP contribution in [0, 0.1) is 0 Å². The van der Waals surface area contributed by atoms with E-state index in [-0.39, 0.29) is 5.54 Å². The molecule has 0 aliphatic carbocycles. The van der Waals surface area contributed by atoms with E-state index in [1.165, 1.54) is 5.01 Å². The molecule has 0 spiro atoms. The average molecular weight is 202 g/mol. The van der Waals surface area contributed by atoms with E-state index in [2.05, 4.69) is 4.98 Å².